The van der Waals surface area contributed by atoms with Crippen molar-refractivity contribution in [1.29, 1.82) is 0 Å². The number of nitrogens with zero attached hydrogens (tertiary/aromatic N) is 3. The van der Waals surface area contributed by atoms with Gasteiger partial charge in [0.2, 0.25) is 5.95 Å². The lowest BCUT2D eigenvalue weighted by atomic mass is 10.3. The van der Waals surface area contributed by atoms with E-state index in [-0.39, 0.29) is 17.7 Å². The SMILES string of the molecule is Nc1nc(CC(F)(F)F)nc(C2CC2)n1. The van der Waals surface area contributed by atoms with Gasteiger partial charge < -0.3 is 5.73 Å². The fraction of sp³-hybridized carbons (Fsp3) is 0.625. The molecule has 0 aromatic carbocycles. The van der Waals surface area contributed by atoms with Crippen LogP contribution in [0.5, 0.6) is 0 Å². The van der Waals surface area contributed by atoms with E-state index in [1.807, 2.05) is 0 Å². The maximum atomic E-state index is 12.1. The van der Waals surface area contributed by atoms with Crippen molar-refractivity contribution in [1.82, 2.24) is 15.0 Å². The molecular formula is C8H9F3N4. The molecule has 1 heterocycles. The topological polar surface area (TPSA) is 64.7 Å². The van der Waals surface area contributed by atoms with Crippen LogP contribution in [-0.2, 0) is 6.42 Å². The van der Waals surface area contributed by atoms with Crippen LogP contribution in [-0.4, -0.2) is 21.1 Å². The van der Waals surface area contributed by atoms with Crippen LogP contribution in [0, 0.1) is 0 Å². The van der Waals surface area contributed by atoms with Crippen LogP contribution in [0.1, 0.15) is 30.4 Å². The molecule has 2 N–H and O–H groups in total. The van der Waals surface area contributed by atoms with E-state index in [0.29, 0.717) is 5.82 Å². The van der Waals surface area contributed by atoms with Gasteiger partial charge in [-0.25, -0.2) is 4.98 Å². The highest BCUT2D eigenvalue weighted by Gasteiger charge is 2.32. The molecule has 0 atom stereocenters. The molecule has 1 aromatic rings. The van der Waals surface area contributed by atoms with E-state index in [4.69, 9.17) is 5.73 Å². The molecule has 1 aromatic heterocycles. The average molecular weight is 218 g/mol. The molecule has 0 amide bonds. The Kier molecular flexibility index (Phi) is 2.24. The molecule has 1 fully saturated rings. The Hall–Kier alpha value is -1.40. The minimum absolute atomic E-state index is 0.133. The van der Waals surface area contributed by atoms with E-state index in [1.165, 1.54) is 0 Å². The van der Waals surface area contributed by atoms with Crippen LogP contribution < -0.4 is 5.73 Å². The molecule has 15 heavy (non-hydrogen) atoms. The summed E-state index contributed by atoms with van der Waals surface area (Å²) in [6, 6.07) is 0. The van der Waals surface area contributed by atoms with E-state index in [1.54, 1.807) is 0 Å². The normalized spacial score (nSPS) is 16.7. The molecule has 1 aliphatic carbocycles. The molecule has 4 nitrogen and oxygen atoms in total. The Morgan fingerprint density at radius 3 is 2.40 bits per heavy atom. The Morgan fingerprint density at radius 2 is 1.87 bits per heavy atom. The molecule has 0 radical (unpaired) electrons. The van der Waals surface area contributed by atoms with Crippen LogP contribution >= 0.6 is 0 Å². The van der Waals surface area contributed by atoms with E-state index >= 15 is 0 Å². The van der Waals surface area contributed by atoms with Crippen LogP contribution in [0.3, 0.4) is 0 Å². The molecule has 0 saturated heterocycles. The molecule has 0 aliphatic heterocycles. The smallest absolute Gasteiger partial charge is 0.368 e. The summed E-state index contributed by atoms with van der Waals surface area (Å²) in [4.78, 5) is 11.0. The average Bonchev–Trinajstić information content (AvgIpc) is 2.80. The Morgan fingerprint density at radius 1 is 1.20 bits per heavy atom. The van der Waals surface area contributed by atoms with Gasteiger partial charge in [-0.2, -0.15) is 23.1 Å². The first-order valence-corrected chi connectivity index (χ1v) is 4.51. The van der Waals surface area contributed by atoms with Gasteiger partial charge in [0, 0.05) is 5.92 Å². The third-order valence-electron chi connectivity index (χ3n) is 2.02. The van der Waals surface area contributed by atoms with Gasteiger partial charge in [0.15, 0.2) is 0 Å². The van der Waals surface area contributed by atoms with E-state index in [2.05, 4.69) is 15.0 Å². The van der Waals surface area contributed by atoms with Crippen molar-refractivity contribution in [2.45, 2.75) is 31.4 Å². The Balaban J connectivity index is 2.23. The molecule has 82 valence electrons. The summed E-state index contributed by atoms with van der Waals surface area (Å²) >= 11 is 0. The van der Waals surface area contributed by atoms with Crippen LogP contribution in [0.15, 0.2) is 0 Å². The number of rotatable bonds is 2. The maximum Gasteiger partial charge on any atom is 0.396 e. The third kappa shape index (κ3) is 2.77. The van der Waals surface area contributed by atoms with E-state index < -0.39 is 12.6 Å². The van der Waals surface area contributed by atoms with Crippen molar-refractivity contribution >= 4 is 5.95 Å². The number of hydrogen-bond donors (Lipinski definition) is 1. The molecule has 0 bridgehead atoms. The molecule has 1 aliphatic rings. The highest BCUT2D eigenvalue weighted by atomic mass is 19.4. The standard InChI is InChI=1S/C8H9F3N4/c9-8(10,11)3-5-13-6(4-1-2-4)15-7(12)14-5/h4H,1-3H2,(H2,12,13,14,15). The first kappa shape index (κ1) is 10.1. The van der Waals surface area contributed by atoms with Crippen LogP contribution in [0.4, 0.5) is 19.1 Å². The molecule has 2 rings (SSSR count). The van der Waals surface area contributed by atoms with Crippen LogP contribution in [0.2, 0.25) is 0 Å². The highest BCUT2D eigenvalue weighted by molar-refractivity contribution is 5.19. The second-order valence-corrected chi connectivity index (χ2v) is 3.53. The minimum Gasteiger partial charge on any atom is -0.368 e. The second-order valence-electron chi connectivity index (χ2n) is 3.53. The van der Waals surface area contributed by atoms with Gasteiger partial charge in [-0.15, -0.1) is 0 Å². The van der Waals surface area contributed by atoms with Crippen molar-refractivity contribution in [2.24, 2.45) is 0 Å². The lowest BCUT2D eigenvalue weighted by Crippen LogP contribution is -2.16. The summed E-state index contributed by atoms with van der Waals surface area (Å²) in [6.45, 7) is 0. The van der Waals surface area contributed by atoms with Gasteiger partial charge in [-0.05, 0) is 12.8 Å². The van der Waals surface area contributed by atoms with Gasteiger partial charge in [-0.1, -0.05) is 0 Å². The number of nitrogens with two attached hydrogens (primary N) is 1. The van der Waals surface area contributed by atoms with Crippen molar-refractivity contribution in [2.75, 3.05) is 5.73 Å². The number of hydrogen-bond acceptors (Lipinski definition) is 4. The minimum atomic E-state index is -4.31. The number of nitrogen functional groups attached to an aromatic ring is 1. The zero-order chi connectivity index (χ0) is 11.1. The molecule has 0 spiro atoms. The number of anilines is 1. The lowest BCUT2D eigenvalue weighted by Gasteiger charge is -2.06. The summed E-state index contributed by atoms with van der Waals surface area (Å²) in [5.41, 5.74) is 5.31. The van der Waals surface area contributed by atoms with Crippen molar-refractivity contribution in [3.8, 4) is 0 Å². The predicted molar refractivity (Wildman–Crippen MR) is 46.0 cm³/mol. The lowest BCUT2D eigenvalue weighted by molar-refractivity contribution is -0.128. The zero-order valence-corrected chi connectivity index (χ0v) is 7.75. The van der Waals surface area contributed by atoms with Crippen molar-refractivity contribution < 1.29 is 13.2 Å². The quantitative estimate of drug-likeness (QED) is 0.815. The zero-order valence-electron chi connectivity index (χ0n) is 7.75. The molecule has 1 saturated carbocycles. The van der Waals surface area contributed by atoms with Gasteiger partial charge in [0.25, 0.3) is 0 Å². The molecule has 7 heteroatoms. The monoisotopic (exact) mass is 218 g/mol. The van der Waals surface area contributed by atoms with Gasteiger partial charge in [-0.3, -0.25) is 0 Å². The van der Waals surface area contributed by atoms with Gasteiger partial charge in [0.1, 0.15) is 18.1 Å². The first-order chi connectivity index (χ1) is 6.94. The maximum absolute atomic E-state index is 12.1. The van der Waals surface area contributed by atoms with Gasteiger partial charge in [0.05, 0.1) is 0 Å². The summed E-state index contributed by atoms with van der Waals surface area (Å²) in [6.07, 6.45) is -3.64. The predicted octanol–water partition coefficient (Wildman–Crippen LogP) is 1.44. The summed E-state index contributed by atoms with van der Waals surface area (Å²) in [7, 11) is 0. The fourth-order valence-electron chi connectivity index (χ4n) is 1.24. The first-order valence-electron chi connectivity index (χ1n) is 4.51. The summed E-state index contributed by atoms with van der Waals surface area (Å²) in [5, 5.41) is 0. The van der Waals surface area contributed by atoms with Gasteiger partial charge >= 0.3 is 6.18 Å². The number of aromatic nitrogens is 3. The largest absolute Gasteiger partial charge is 0.396 e. The second kappa shape index (κ2) is 3.32. The van der Waals surface area contributed by atoms with E-state index in [0.717, 1.165) is 12.8 Å². The van der Waals surface area contributed by atoms with Crippen molar-refractivity contribution in [3.63, 3.8) is 0 Å². The molecular weight excluding hydrogens is 209 g/mol. The third-order valence-corrected chi connectivity index (χ3v) is 2.02. The van der Waals surface area contributed by atoms with Crippen LogP contribution in [0.25, 0.3) is 0 Å². The Bertz CT molecular complexity index is 373. The summed E-state index contributed by atoms with van der Waals surface area (Å²) < 4.78 is 36.2. The van der Waals surface area contributed by atoms with Crippen molar-refractivity contribution in [3.05, 3.63) is 11.6 Å². The number of halogens is 3. The summed E-state index contributed by atoms with van der Waals surface area (Å²) in [5.74, 6) is 0.132. The van der Waals surface area contributed by atoms with E-state index in [9.17, 15) is 13.2 Å². The Labute approximate surface area is 83.7 Å². The molecule has 0 unspecified atom stereocenters. The highest BCUT2D eigenvalue weighted by Crippen LogP contribution is 2.38. The number of alkyl halides is 3. The fourth-order valence-corrected chi connectivity index (χ4v) is 1.24.